The fraction of sp³-hybridized carbons (Fsp3) is 0.273. The predicted octanol–water partition coefficient (Wildman–Crippen LogP) is -1.85. The van der Waals surface area contributed by atoms with Gasteiger partial charge < -0.3 is 15.0 Å². The molecule has 0 atom stereocenters. The molecule has 8 nitrogen and oxygen atoms in total. The summed E-state index contributed by atoms with van der Waals surface area (Å²) in [5.41, 5.74) is -1.29. The molecule has 0 saturated heterocycles. The number of carbonyl (C=O) groups is 2. The zero-order valence-electron chi connectivity index (χ0n) is 9.80. The second-order valence-electron chi connectivity index (χ2n) is 3.64. The van der Waals surface area contributed by atoms with Gasteiger partial charge in [0, 0.05) is 11.8 Å². The Morgan fingerprint density at radius 2 is 2.05 bits per heavy atom. The number of carboxylic acids is 1. The first-order valence-electron chi connectivity index (χ1n) is 5.18. The lowest BCUT2D eigenvalue weighted by atomic mass is 10.2. The van der Waals surface area contributed by atoms with E-state index in [0.717, 1.165) is 11.0 Å². The number of terminal acetylenes is 1. The van der Waals surface area contributed by atoms with Crippen molar-refractivity contribution in [3.63, 3.8) is 0 Å². The van der Waals surface area contributed by atoms with Gasteiger partial charge in [0.15, 0.2) is 0 Å². The average Bonchev–Trinajstić information content (AvgIpc) is 2.26. The summed E-state index contributed by atoms with van der Waals surface area (Å²) in [6.45, 7) is -0.713. The van der Waals surface area contributed by atoms with Gasteiger partial charge in [-0.15, -0.1) is 6.42 Å². The van der Waals surface area contributed by atoms with Gasteiger partial charge in [-0.1, -0.05) is 5.92 Å². The highest BCUT2D eigenvalue weighted by Crippen LogP contribution is 1.96. The van der Waals surface area contributed by atoms with Crippen LogP contribution < -0.4 is 11.2 Å². The van der Waals surface area contributed by atoms with Crippen LogP contribution >= 0.6 is 0 Å². The number of rotatable bonds is 5. The second kappa shape index (κ2) is 6.20. The molecule has 1 aromatic rings. The van der Waals surface area contributed by atoms with E-state index in [1.807, 2.05) is 4.98 Å². The van der Waals surface area contributed by atoms with Gasteiger partial charge in [-0.2, -0.15) is 0 Å². The normalized spacial score (nSPS) is 9.63. The molecule has 0 unspecified atom stereocenters. The Morgan fingerprint density at radius 1 is 1.37 bits per heavy atom. The van der Waals surface area contributed by atoms with Crippen molar-refractivity contribution in [1.82, 2.24) is 14.9 Å². The third kappa shape index (κ3) is 4.51. The van der Waals surface area contributed by atoms with Crippen LogP contribution in [0.5, 0.6) is 0 Å². The minimum absolute atomic E-state index is 0.0890. The van der Waals surface area contributed by atoms with Crippen molar-refractivity contribution in [2.45, 2.75) is 6.42 Å². The van der Waals surface area contributed by atoms with Crippen molar-refractivity contribution in [1.29, 1.82) is 0 Å². The number of aromatic amines is 2. The zero-order chi connectivity index (χ0) is 14.4. The summed E-state index contributed by atoms with van der Waals surface area (Å²) in [4.78, 5) is 49.6. The third-order valence-corrected chi connectivity index (χ3v) is 2.12. The number of carboxylic acid groups (broad SMARTS) is 1. The molecule has 0 aromatic carbocycles. The van der Waals surface area contributed by atoms with E-state index < -0.39 is 29.7 Å². The van der Waals surface area contributed by atoms with Crippen LogP contribution in [0.25, 0.3) is 0 Å². The van der Waals surface area contributed by atoms with Crippen LogP contribution in [0.3, 0.4) is 0 Å². The molecule has 0 aliphatic rings. The maximum atomic E-state index is 11.8. The van der Waals surface area contributed by atoms with Crippen molar-refractivity contribution in [3.8, 4) is 12.3 Å². The Balaban J connectivity index is 2.87. The van der Waals surface area contributed by atoms with Crippen LogP contribution in [0.1, 0.15) is 5.69 Å². The van der Waals surface area contributed by atoms with Gasteiger partial charge >= 0.3 is 11.7 Å². The molecule has 19 heavy (non-hydrogen) atoms. The summed E-state index contributed by atoms with van der Waals surface area (Å²) in [5, 5.41) is 8.64. The van der Waals surface area contributed by atoms with E-state index in [1.54, 1.807) is 0 Å². The number of nitrogens with zero attached hydrogens (tertiary/aromatic N) is 1. The zero-order valence-corrected chi connectivity index (χ0v) is 9.80. The van der Waals surface area contributed by atoms with Gasteiger partial charge in [-0.25, -0.2) is 4.79 Å². The molecule has 0 spiro atoms. The summed E-state index contributed by atoms with van der Waals surface area (Å²) in [6, 6.07) is 1.05. The molecule has 0 saturated carbocycles. The van der Waals surface area contributed by atoms with Gasteiger partial charge in [0.05, 0.1) is 13.0 Å². The quantitative estimate of drug-likeness (QED) is 0.539. The maximum absolute atomic E-state index is 11.8. The molecular weight excluding hydrogens is 254 g/mol. The molecule has 1 amide bonds. The van der Waals surface area contributed by atoms with E-state index in [9.17, 15) is 19.2 Å². The largest absolute Gasteiger partial charge is 0.480 e. The van der Waals surface area contributed by atoms with Crippen molar-refractivity contribution in [2.24, 2.45) is 0 Å². The van der Waals surface area contributed by atoms with Gasteiger partial charge in [0.2, 0.25) is 5.91 Å². The van der Waals surface area contributed by atoms with Crippen LogP contribution in [-0.4, -0.2) is 44.9 Å². The van der Waals surface area contributed by atoms with E-state index in [1.165, 1.54) is 0 Å². The molecule has 0 fully saturated rings. The summed E-state index contributed by atoms with van der Waals surface area (Å²) >= 11 is 0. The highest BCUT2D eigenvalue weighted by Gasteiger charge is 2.16. The van der Waals surface area contributed by atoms with Crippen LogP contribution in [0.2, 0.25) is 0 Å². The first kappa shape index (κ1) is 14.2. The molecule has 100 valence electrons. The Morgan fingerprint density at radius 3 is 2.58 bits per heavy atom. The van der Waals surface area contributed by atoms with Gasteiger partial charge in [0.1, 0.15) is 6.54 Å². The topological polar surface area (TPSA) is 123 Å². The molecule has 1 heterocycles. The number of carbonyl (C=O) groups excluding carboxylic acids is 1. The first-order valence-corrected chi connectivity index (χ1v) is 5.18. The molecule has 0 radical (unpaired) electrons. The van der Waals surface area contributed by atoms with Crippen LogP contribution in [-0.2, 0) is 16.0 Å². The number of hydrogen-bond donors (Lipinski definition) is 3. The average molecular weight is 265 g/mol. The fourth-order valence-electron chi connectivity index (χ4n) is 1.40. The standard InChI is InChI=1S/C11H11N3O5/c1-2-3-14(6-10(17)18)9(16)5-7-4-8(15)13-11(19)12-7/h1,4H,3,5-6H2,(H,17,18)(H2,12,13,15,19). The number of amides is 1. The SMILES string of the molecule is C#CCN(CC(=O)O)C(=O)Cc1cc(=O)[nH]c(=O)[nH]1. The monoisotopic (exact) mass is 265 g/mol. The lowest BCUT2D eigenvalue weighted by Gasteiger charge is -2.17. The number of H-pyrrole nitrogens is 2. The number of hydrogen-bond acceptors (Lipinski definition) is 4. The molecule has 0 aliphatic heterocycles. The summed E-state index contributed by atoms with van der Waals surface area (Å²) < 4.78 is 0. The van der Waals surface area contributed by atoms with Crippen molar-refractivity contribution in [3.05, 3.63) is 32.6 Å². The minimum Gasteiger partial charge on any atom is -0.480 e. The maximum Gasteiger partial charge on any atom is 0.325 e. The Kier molecular flexibility index (Phi) is 4.65. The Hall–Kier alpha value is -2.82. The van der Waals surface area contributed by atoms with E-state index in [4.69, 9.17) is 11.5 Å². The van der Waals surface area contributed by atoms with E-state index in [-0.39, 0.29) is 18.7 Å². The predicted molar refractivity (Wildman–Crippen MR) is 64.4 cm³/mol. The smallest absolute Gasteiger partial charge is 0.325 e. The van der Waals surface area contributed by atoms with E-state index in [0.29, 0.717) is 0 Å². The number of aromatic nitrogens is 2. The van der Waals surface area contributed by atoms with Crippen molar-refractivity contribution in [2.75, 3.05) is 13.1 Å². The first-order chi connectivity index (χ1) is 8.92. The molecule has 0 aliphatic carbocycles. The Bertz CT molecular complexity index is 608. The lowest BCUT2D eigenvalue weighted by molar-refractivity contribution is -0.143. The van der Waals surface area contributed by atoms with E-state index in [2.05, 4.69) is 10.9 Å². The number of aliphatic carboxylic acids is 1. The molecule has 8 heteroatoms. The molecule has 1 rings (SSSR count). The third-order valence-electron chi connectivity index (χ3n) is 2.12. The van der Waals surface area contributed by atoms with Gasteiger partial charge in [-0.3, -0.25) is 19.4 Å². The number of nitrogens with one attached hydrogen (secondary N) is 2. The highest BCUT2D eigenvalue weighted by molar-refractivity contribution is 5.82. The second-order valence-corrected chi connectivity index (χ2v) is 3.64. The Labute approximate surface area is 107 Å². The van der Waals surface area contributed by atoms with Gasteiger partial charge in [-0.05, 0) is 0 Å². The summed E-state index contributed by atoms with van der Waals surface area (Å²) in [7, 11) is 0. The van der Waals surface area contributed by atoms with E-state index >= 15 is 0 Å². The highest BCUT2D eigenvalue weighted by atomic mass is 16.4. The molecule has 3 N–H and O–H groups in total. The van der Waals surface area contributed by atoms with Crippen molar-refractivity contribution >= 4 is 11.9 Å². The fourth-order valence-corrected chi connectivity index (χ4v) is 1.40. The molecule has 1 aromatic heterocycles. The van der Waals surface area contributed by atoms with Gasteiger partial charge in [0.25, 0.3) is 5.56 Å². The summed E-state index contributed by atoms with van der Waals surface area (Å²) in [6.07, 6.45) is 4.72. The molecular formula is C11H11N3O5. The van der Waals surface area contributed by atoms with Crippen LogP contribution in [0, 0.1) is 12.3 Å². The van der Waals surface area contributed by atoms with Crippen LogP contribution in [0.15, 0.2) is 15.7 Å². The lowest BCUT2D eigenvalue weighted by Crippen LogP contribution is -2.37. The van der Waals surface area contributed by atoms with Crippen LogP contribution in [0.4, 0.5) is 0 Å². The van der Waals surface area contributed by atoms with Crippen molar-refractivity contribution < 1.29 is 14.7 Å². The minimum atomic E-state index is -1.21. The summed E-state index contributed by atoms with van der Waals surface area (Å²) in [5.74, 6) is 0.363. The molecule has 0 bridgehead atoms.